The van der Waals surface area contributed by atoms with Crippen LogP contribution in [0.3, 0.4) is 0 Å². The second-order valence-electron chi connectivity index (χ2n) is 8.25. The van der Waals surface area contributed by atoms with Crippen molar-refractivity contribution in [1.29, 1.82) is 0 Å². The molecule has 8 heteroatoms. The molecule has 7 nitrogen and oxygen atoms in total. The summed E-state index contributed by atoms with van der Waals surface area (Å²) in [7, 11) is 0. The molecule has 3 aliphatic rings. The average molecular weight is 497 g/mol. The summed E-state index contributed by atoms with van der Waals surface area (Å²) in [4.78, 5) is 29.1. The van der Waals surface area contributed by atoms with Crippen LogP contribution in [0.25, 0.3) is 0 Å². The minimum absolute atomic E-state index is 0.0891. The molecule has 172 valence electrons. The summed E-state index contributed by atoms with van der Waals surface area (Å²) in [5, 5.41) is 0.292. The standard InChI is InChI=1S/C23H33BrN2O5/c1-3-6-18(4-2)17-29-22(28)25-11-8-19(9-12-25)26(21(27)16-24)20-7-5-10-23(15-20)30-13-14-31-23/h3-4,6,19-20H,1-2,5,7-17H2/b18-6+. The van der Waals surface area contributed by atoms with E-state index in [0.717, 1.165) is 37.7 Å². The summed E-state index contributed by atoms with van der Waals surface area (Å²) < 4.78 is 17.3. The van der Waals surface area contributed by atoms with Crippen LogP contribution in [0, 0.1) is 0 Å². The molecule has 1 unspecified atom stereocenters. The summed E-state index contributed by atoms with van der Waals surface area (Å²) >= 11 is 3.35. The van der Waals surface area contributed by atoms with Crippen molar-refractivity contribution in [3.63, 3.8) is 0 Å². The van der Waals surface area contributed by atoms with E-state index < -0.39 is 5.79 Å². The van der Waals surface area contributed by atoms with Crippen molar-refractivity contribution in [3.05, 3.63) is 37.0 Å². The number of carbonyl (C=O) groups is 2. The molecule has 2 aliphatic heterocycles. The van der Waals surface area contributed by atoms with Gasteiger partial charge in [-0.1, -0.05) is 47.3 Å². The monoisotopic (exact) mass is 496 g/mol. The van der Waals surface area contributed by atoms with Crippen LogP contribution in [-0.2, 0) is 19.0 Å². The first-order valence-corrected chi connectivity index (χ1v) is 12.1. The lowest BCUT2D eigenvalue weighted by molar-refractivity contribution is -0.192. The SMILES string of the molecule is C=C/C=C(\C=C)COC(=O)N1CCC(N(C(=O)CBr)C2CCCC3(C2)OCCO3)CC1. The lowest BCUT2D eigenvalue weighted by atomic mass is 9.87. The minimum atomic E-state index is -0.528. The zero-order valence-corrected chi connectivity index (χ0v) is 19.7. The van der Waals surface area contributed by atoms with Gasteiger partial charge in [0.2, 0.25) is 5.91 Å². The van der Waals surface area contributed by atoms with E-state index in [2.05, 4.69) is 29.1 Å². The van der Waals surface area contributed by atoms with Gasteiger partial charge >= 0.3 is 6.09 Å². The van der Waals surface area contributed by atoms with Gasteiger partial charge in [0, 0.05) is 38.0 Å². The van der Waals surface area contributed by atoms with Gasteiger partial charge in [0.1, 0.15) is 6.61 Å². The summed E-state index contributed by atoms with van der Waals surface area (Å²) in [5.41, 5.74) is 0.801. The van der Waals surface area contributed by atoms with Crippen LogP contribution in [0.5, 0.6) is 0 Å². The molecule has 0 radical (unpaired) electrons. The van der Waals surface area contributed by atoms with E-state index in [1.807, 2.05) is 4.90 Å². The smallest absolute Gasteiger partial charge is 0.410 e. The van der Waals surface area contributed by atoms with Gasteiger partial charge in [-0.05, 0) is 31.3 Å². The van der Waals surface area contributed by atoms with E-state index in [9.17, 15) is 9.59 Å². The third-order valence-corrected chi connectivity index (χ3v) is 6.80. The highest BCUT2D eigenvalue weighted by molar-refractivity contribution is 9.09. The van der Waals surface area contributed by atoms with E-state index in [1.165, 1.54) is 0 Å². The largest absolute Gasteiger partial charge is 0.445 e. The number of nitrogens with zero attached hydrogens (tertiary/aromatic N) is 2. The molecule has 0 aromatic rings. The van der Waals surface area contributed by atoms with Crippen LogP contribution in [0.4, 0.5) is 4.79 Å². The third-order valence-electron chi connectivity index (χ3n) is 6.32. The van der Waals surface area contributed by atoms with Gasteiger partial charge in [-0.2, -0.15) is 0 Å². The van der Waals surface area contributed by atoms with E-state index in [-0.39, 0.29) is 30.7 Å². The van der Waals surface area contributed by atoms with Crippen molar-refractivity contribution in [2.45, 2.75) is 56.4 Å². The molecule has 0 N–H and O–H groups in total. The third kappa shape index (κ3) is 5.99. The molecule has 1 spiro atoms. The number of allylic oxidation sites excluding steroid dienone is 2. The van der Waals surface area contributed by atoms with Crippen LogP contribution in [0.1, 0.15) is 38.5 Å². The lowest BCUT2D eigenvalue weighted by Crippen LogP contribution is -2.56. The number of hydrogen-bond acceptors (Lipinski definition) is 5. The lowest BCUT2D eigenvalue weighted by Gasteiger charge is -2.46. The van der Waals surface area contributed by atoms with Crippen LogP contribution >= 0.6 is 15.9 Å². The highest BCUT2D eigenvalue weighted by Crippen LogP contribution is 2.39. The summed E-state index contributed by atoms with van der Waals surface area (Å²) in [5.74, 6) is -0.439. The first kappa shape index (κ1) is 24.0. The Hall–Kier alpha value is -1.64. The number of piperidine rings is 1. The zero-order chi connectivity index (χ0) is 22.3. The van der Waals surface area contributed by atoms with Crippen LogP contribution < -0.4 is 0 Å². The summed E-state index contributed by atoms with van der Waals surface area (Å²) in [6.07, 6.45) is 9.73. The van der Waals surface area contributed by atoms with E-state index >= 15 is 0 Å². The Morgan fingerprint density at radius 3 is 2.48 bits per heavy atom. The first-order valence-electron chi connectivity index (χ1n) is 11.0. The Balaban J connectivity index is 1.58. The number of rotatable bonds is 7. The maximum Gasteiger partial charge on any atom is 0.410 e. The number of alkyl halides is 1. The number of ether oxygens (including phenoxy) is 3. The molecule has 2 amide bonds. The van der Waals surface area contributed by atoms with E-state index in [4.69, 9.17) is 14.2 Å². The Bertz CT molecular complexity index is 696. The fraction of sp³-hybridized carbons (Fsp3) is 0.652. The Kier molecular flexibility index (Phi) is 8.75. The van der Waals surface area contributed by atoms with E-state index in [0.29, 0.717) is 38.1 Å². The fourth-order valence-corrected chi connectivity index (χ4v) is 5.12. The van der Waals surface area contributed by atoms with Gasteiger partial charge in [-0.3, -0.25) is 4.79 Å². The molecule has 0 aromatic carbocycles. The molecule has 1 saturated carbocycles. The molecule has 0 aromatic heterocycles. The summed E-state index contributed by atoms with van der Waals surface area (Å²) in [6, 6.07) is 0.194. The molecular formula is C23H33BrN2O5. The first-order chi connectivity index (χ1) is 15.0. The highest BCUT2D eigenvalue weighted by Gasteiger charge is 2.45. The van der Waals surface area contributed by atoms with Crippen molar-refractivity contribution in [1.82, 2.24) is 9.80 Å². The average Bonchev–Trinajstić information content (AvgIpc) is 3.24. The highest BCUT2D eigenvalue weighted by atomic mass is 79.9. The van der Waals surface area contributed by atoms with Crippen molar-refractivity contribution in [2.24, 2.45) is 0 Å². The molecule has 1 aliphatic carbocycles. The minimum Gasteiger partial charge on any atom is -0.445 e. The van der Waals surface area contributed by atoms with Gasteiger partial charge in [-0.25, -0.2) is 4.79 Å². The second-order valence-corrected chi connectivity index (χ2v) is 8.81. The molecule has 3 rings (SSSR count). The topological polar surface area (TPSA) is 68.3 Å². The second kappa shape index (κ2) is 11.3. The molecule has 2 saturated heterocycles. The zero-order valence-electron chi connectivity index (χ0n) is 18.1. The summed E-state index contributed by atoms with van der Waals surface area (Å²) in [6.45, 7) is 9.90. The van der Waals surface area contributed by atoms with Crippen LogP contribution in [0.15, 0.2) is 37.0 Å². The fourth-order valence-electron chi connectivity index (χ4n) is 4.83. The van der Waals surface area contributed by atoms with Gasteiger partial charge < -0.3 is 24.0 Å². The molecule has 3 fully saturated rings. The van der Waals surface area contributed by atoms with Crippen molar-refractivity contribution < 1.29 is 23.8 Å². The van der Waals surface area contributed by atoms with Crippen LogP contribution in [0.2, 0.25) is 0 Å². The Morgan fingerprint density at radius 1 is 1.16 bits per heavy atom. The number of likely N-dealkylation sites (tertiary alicyclic amines) is 1. The van der Waals surface area contributed by atoms with Crippen LogP contribution in [-0.4, -0.2) is 77.9 Å². The predicted molar refractivity (Wildman–Crippen MR) is 122 cm³/mol. The van der Waals surface area contributed by atoms with Gasteiger partial charge in [-0.15, -0.1) is 0 Å². The molecule has 31 heavy (non-hydrogen) atoms. The van der Waals surface area contributed by atoms with Gasteiger partial charge in [0.05, 0.1) is 18.5 Å². The maximum absolute atomic E-state index is 12.9. The molecular weight excluding hydrogens is 464 g/mol. The van der Waals surface area contributed by atoms with Gasteiger partial charge in [0.15, 0.2) is 5.79 Å². The number of amides is 2. The van der Waals surface area contributed by atoms with Crippen molar-refractivity contribution in [3.8, 4) is 0 Å². The molecule has 0 bridgehead atoms. The quantitative estimate of drug-likeness (QED) is 0.396. The maximum atomic E-state index is 12.9. The van der Waals surface area contributed by atoms with Crippen molar-refractivity contribution >= 4 is 27.9 Å². The number of halogens is 1. The van der Waals surface area contributed by atoms with E-state index in [1.54, 1.807) is 23.1 Å². The Morgan fingerprint density at radius 2 is 1.87 bits per heavy atom. The molecule has 1 atom stereocenters. The Labute approximate surface area is 193 Å². The van der Waals surface area contributed by atoms with Gasteiger partial charge in [0.25, 0.3) is 0 Å². The molecule has 2 heterocycles. The number of carbonyl (C=O) groups excluding carboxylic acids is 2. The normalized spacial score (nSPS) is 24.1. The predicted octanol–water partition coefficient (Wildman–Crippen LogP) is 3.80. The number of hydrogen-bond donors (Lipinski definition) is 0. The van der Waals surface area contributed by atoms with Crippen molar-refractivity contribution in [2.75, 3.05) is 38.2 Å².